The summed E-state index contributed by atoms with van der Waals surface area (Å²) in [6.45, 7) is 0.799. The zero-order valence-corrected chi connectivity index (χ0v) is 34.5. The van der Waals surface area contributed by atoms with E-state index in [4.69, 9.17) is 28.4 Å². The summed E-state index contributed by atoms with van der Waals surface area (Å²) in [4.78, 5) is 53.4. The minimum absolute atomic E-state index is 0.0487. The van der Waals surface area contributed by atoms with Crippen LogP contribution in [0.2, 0.25) is 0 Å². The molecule has 24 heteroatoms. The van der Waals surface area contributed by atoms with Gasteiger partial charge in [-0.3, -0.25) is 19.2 Å². The number of fused-ring (bicyclic) bond motifs is 5. The molecule has 14 N–H and O–H groups in total. The number of aliphatic hydroxyl groups excluding tert-OH is 9. The van der Waals surface area contributed by atoms with E-state index in [1.165, 1.54) is 19.9 Å². The molecule has 3 saturated heterocycles. The number of nitrogens with one attached hydrogen (secondary N) is 1. The van der Waals surface area contributed by atoms with E-state index in [-0.39, 0.29) is 16.9 Å². The number of carboxylic acid groups (broad SMARTS) is 1. The summed E-state index contributed by atoms with van der Waals surface area (Å²) in [5.41, 5.74) is -4.69. The summed E-state index contributed by atoms with van der Waals surface area (Å²) < 4.78 is 33.8. The molecule has 0 unspecified atom stereocenters. The van der Waals surface area contributed by atoms with E-state index in [1.54, 1.807) is 0 Å². The third-order valence-electron chi connectivity index (χ3n) is 12.2. The summed E-state index contributed by atoms with van der Waals surface area (Å²) in [7, 11) is 0. The molecule has 0 radical (unpaired) electrons. The van der Waals surface area contributed by atoms with Crippen LogP contribution < -0.4 is 10.1 Å². The van der Waals surface area contributed by atoms with Crippen molar-refractivity contribution in [3.8, 4) is 34.1 Å². The number of carbonyl (C=O) groups is 4. The lowest BCUT2D eigenvalue weighted by molar-refractivity contribution is -0.353. The number of amides is 1. The third-order valence-corrected chi connectivity index (χ3v) is 12.2. The molecule has 1 amide bonds. The Balaban J connectivity index is 1.21. The molecule has 0 saturated carbocycles. The lowest BCUT2D eigenvalue weighted by Gasteiger charge is -2.45. The standard InChI is InChI=1S/C42H45NO23/c1-10-3-16-24(32(55)21(10)39(60)43-7-20(47)48)23-14(29(52)37(16)65-42-36(59)38(26(49)11(2)63-42)66-41-35(58)31(54)19(46)9-62-41)6-15-25(33(23)56)28(51)13-4-12(5-17(44)22(13)27(15)50)64-40-34(57)30(53)18(45)8-61-40/h3-6,11,18-19,26,29-31,34-38,40-42,44-46,49,52-59H,7-9H2,1-2H3,(H,43,60)(H,47,48)/t11-,18-,19+,26-,29-,30-,31-,34+,35-,36+,37-,38-,40+,41-,42+/m0/s1. The number of carbonyl (C=O) groups excluding carboxylic acids is 3. The van der Waals surface area contributed by atoms with Gasteiger partial charge in [0.15, 0.2) is 24.1 Å². The number of phenols is 3. The Hall–Kier alpha value is -5.42. The molecule has 3 fully saturated rings. The second-order valence-corrected chi connectivity index (χ2v) is 16.5. The first-order chi connectivity index (χ1) is 31.1. The number of benzene rings is 3. The number of aryl methyl sites for hydroxylation is 1. The Bertz CT molecular complexity index is 2480. The van der Waals surface area contributed by atoms with Crippen molar-refractivity contribution >= 4 is 23.4 Å². The minimum Gasteiger partial charge on any atom is -0.507 e. The number of ether oxygens (including phenoxy) is 6. The van der Waals surface area contributed by atoms with Crippen LogP contribution in [-0.2, 0) is 28.5 Å². The Morgan fingerprint density at radius 2 is 1.27 bits per heavy atom. The van der Waals surface area contributed by atoms with Crippen LogP contribution in [-0.4, -0.2) is 189 Å². The van der Waals surface area contributed by atoms with Crippen molar-refractivity contribution in [2.24, 2.45) is 0 Å². The van der Waals surface area contributed by atoms with Crippen molar-refractivity contribution in [1.29, 1.82) is 0 Å². The quantitative estimate of drug-likeness (QED) is 0.0777. The Labute approximate surface area is 370 Å². The Morgan fingerprint density at radius 1 is 0.682 bits per heavy atom. The summed E-state index contributed by atoms with van der Waals surface area (Å²) in [6, 6.07) is 4.04. The number of ketones is 2. The number of aromatic hydroxyl groups is 3. The lowest BCUT2D eigenvalue weighted by Crippen LogP contribution is -2.62. The normalized spacial score (nSPS) is 33.8. The topological polar surface area (TPSA) is 399 Å². The molecule has 15 atom stereocenters. The molecule has 0 spiro atoms. The van der Waals surface area contributed by atoms with Gasteiger partial charge >= 0.3 is 5.97 Å². The maximum absolute atomic E-state index is 14.4. The van der Waals surface area contributed by atoms with E-state index in [0.29, 0.717) is 0 Å². The van der Waals surface area contributed by atoms with Gasteiger partial charge in [0, 0.05) is 28.3 Å². The molecule has 5 aliphatic rings. The van der Waals surface area contributed by atoms with Gasteiger partial charge in [0.25, 0.3) is 5.91 Å². The maximum Gasteiger partial charge on any atom is 0.322 e. The van der Waals surface area contributed by atoms with Crippen LogP contribution in [0.1, 0.15) is 78.0 Å². The number of hydrogen-bond donors (Lipinski definition) is 14. The molecular weight excluding hydrogens is 886 g/mol. The van der Waals surface area contributed by atoms with Crippen LogP contribution in [0.25, 0.3) is 11.1 Å². The zero-order valence-electron chi connectivity index (χ0n) is 34.5. The van der Waals surface area contributed by atoms with Crippen LogP contribution in [0.5, 0.6) is 23.0 Å². The average molecular weight is 932 g/mol. The van der Waals surface area contributed by atoms with Crippen molar-refractivity contribution in [2.75, 3.05) is 19.8 Å². The maximum atomic E-state index is 14.4. The smallest absolute Gasteiger partial charge is 0.322 e. The number of aliphatic hydroxyl groups is 9. The first kappa shape index (κ1) is 47.1. The number of phenolic OH excluding ortho intramolecular Hbond substituents is 3. The summed E-state index contributed by atoms with van der Waals surface area (Å²) >= 11 is 0. The monoisotopic (exact) mass is 931 g/mol. The molecule has 8 rings (SSSR count). The van der Waals surface area contributed by atoms with E-state index in [1.807, 2.05) is 0 Å². The SMILES string of the molecule is Cc1cc2c(c(O)c1C(=O)NCC(=O)O)-c1c(cc3c(c1O)C(=O)c1cc(O[C@H]4OC[C@H](O)[C@H](O)[C@H]4O)cc(O)c1C3=O)[C@H](O)[C@H]2O[C@H]1O[C@@H](C)[C@H](O)[C@H](O[C@@H]2OC[C@@H](O)[C@H](O)[C@@H]2O)[C@H]1O. The minimum atomic E-state index is -2.02. The van der Waals surface area contributed by atoms with E-state index < -0.39 is 197 Å². The van der Waals surface area contributed by atoms with Crippen molar-refractivity contribution < 1.29 is 114 Å². The first-order valence-electron chi connectivity index (χ1n) is 20.3. The van der Waals surface area contributed by atoms with Crippen molar-refractivity contribution in [1.82, 2.24) is 5.32 Å². The van der Waals surface area contributed by atoms with Gasteiger partial charge in [0.1, 0.15) is 96.7 Å². The molecule has 2 aliphatic carbocycles. The predicted octanol–water partition coefficient (Wildman–Crippen LogP) is -3.42. The second kappa shape index (κ2) is 17.7. The summed E-state index contributed by atoms with van der Waals surface area (Å²) in [5, 5.41) is 142. The summed E-state index contributed by atoms with van der Waals surface area (Å²) in [5.74, 6) is -7.93. The fraction of sp³-hybridized carbons (Fsp3) is 0.476. The van der Waals surface area contributed by atoms with Gasteiger partial charge in [-0.15, -0.1) is 0 Å². The molecule has 0 bridgehead atoms. The first-order valence-corrected chi connectivity index (χ1v) is 20.3. The average Bonchev–Trinajstić information content (AvgIpc) is 3.26. The molecule has 356 valence electrons. The predicted molar refractivity (Wildman–Crippen MR) is 211 cm³/mol. The van der Waals surface area contributed by atoms with Crippen molar-refractivity contribution in [3.63, 3.8) is 0 Å². The number of aliphatic carboxylic acids is 1. The van der Waals surface area contributed by atoms with Gasteiger partial charge in [0.05, 0.1) is 36.0 Å². The highest BCUT2D eigenvalue weighted by atomic mass is 16.7. The van der Waals surface area contributed by atoms with E-state index in [0.717, 1.165) is 18.2 Å². The highest BCUT2D eigenvalue weighted by Crippen LogP contribution is 2.57. The molecule has 0 aromatic heterocycles. The van der Waals surface area contributed by atoms with E-state index >= 15 is 0 Å². The number of hydrogen-bond acceptors (Lipinski definition) is 22. The molecular formula is C42H45NO23. The van der Waals surface area contributed by atoms with Crippen molar-refractivity contribution in [3.05, 3.63) is 68.8 Å². The Kier molecular flexibility index (Phi) is 12.6. The molecule has 3 heterocycles. The van der Waals surface area contributed by atoms with Crippen LogP contribution in [0.3, 0.4) is 0 Å². The molecule has 3 aromatic rings. The largest absolute Gasteiger partial charge is 0.507 e. The zero-order chi connectivity index (χ0) is 48.0. The highest BCUT2D eigenvalue weighted by molar-refractivity contribution is 6.31. The number of rotatable bonds is 9. The van der Waals surface area contributed by atoms with E-state index in [9.17, 15) is 85.6 Å². The lowest BCUT2D eigenvalue weighted by atomic mass is 9.74. The van der Waals surface area contributed by atoms with Gasteiger partial charge in [-0.1, -0.05) is 6.07 Å². The molecule has 24 nitrogen and oxygen atoms in total. The summed E-state index contributed by atoms with van der Waals surface area (Å²) in [6.07, 6.45) is -25.6. The van der Waals surface area contributed by atoms with Gasteiger partial charge in [-0.25, -0.2) is 0 Å². The van der Waals surface area contributed by atoms with Crippen LogP contribution in [0.15, 0.2) is 24.3 Å². The molecule has 3 aliphatic heterocycles. The fourth-order valence-electron chi connectivity index (χ4n) is 8.76. The van der Waals surface area contributed by atoms with Crippen LogP contribution >= 0.6 is 0 Å². The van der Waals surface area contributed by atoms with E-state index in [2.05, 4.69) is 5.32 Å². The molecule has 3 aromatic carbocycles. The highest BCUT2D eigenvalue weighted by Gasteiger charge is 2.51. The number of carboxylic acids is 1. The van der Waals surface area contributed by atoms with Gasteiger partial charge in [-0.05, 0) is 42.7 Å². The van der Waals surface area contributed by atoms with Crippen molar-refractivity contribution in [2.45, 2.75) is 106 Å². The fourth-order valence-corrected chi connectivity index (χ4v) is 8.76. The van der Waals surface area contributed by atoms with Gasteiger partial charge < -0.3 is 100 Å². The Morgan fingerprint density at radius 3 is 1.92 bits per heavy atom. The van der Waals surface area contributed by atoms with Gasteiger partial charge in [-0.2, -0.15) is 0 Å². The molecule has 66 heavy (non-hydrogen) atoms. The third kappa shape index (κ3) is 7.82. The second-order valence-electron chi connectivity index (χ2n) is 16.5. The van der Waals surface area contributed by atoms with Crippen LogP contribution in [0.4, 0.5) is 0 Å². The van der Waals surface area contributed by atoms with Crippen LogP contribution in [0, 0.1) is 6.92 Å². The van der Waals surface area contributed by atoms with Gasteiger partial charge in [0.2, 0.25) is 6.29 Å².